The molecule has 0 radical (unpaired) electrons. The molecule has 45 heavy (non-hydrogen) atoms. The smallest absolute Gasteiger partial charge is 0.140 e. The van der Waals surface area contributed by atoms with E-state index in [9.17, 15) is 0 Å². The summed E-state index contributed by atoms with van der Waals surface area (Å²) < 4.78 is 1.32. The number of fused-ring (bicyclic) bond motifs is 7. The Kier molecular flexibility index (Phi) is 5.81. The van der Waals surface area contributed by atoms with E-state index in [0.29, 0.717) is 0 Å². The van der Waals surface area contributed by atoms with E-state index in [1.54, 1.807) is 0 Å². The Morgan fingerprint density at radius 3 is 2.22 bits per heavy atom. The first-order valence-electron chi connectivity index (χ1n) is 15.6. The molecule has 2 aliphatic rings. The summed E-state index contributed by atoms with van der Waals surface area (Å²) in [5.74, 6) is 0. The van der Waals surface area contributed by atoms with Crippen LogP contribution in [0.3, 0.4) is 0 Å². The van der Waals surface area contributed by atoms with Crippen molar-refractivity contribution >= 4 is 49.6 Å². The molecule has 1 aliphatic carbocycles. The van der Waals surface area contributed by atoms with Gasteiger partial charge in [-0.05, 0) is 92.8 Å². The second-order valence-electron chi connectivity index (χ2n) is 12.7. The molecule has 2 heterocycles. The molecule has 1 N–H and O–H groups in total. The van der Waals surface area contributed by atoms with Crippen molar-refractivity contribution in [2.24, 2.45) is 0 Å². The van der Waals surface area contributed by atoms with Gasteiger partial charge in [-0.15, -0.1) is 11.3 Å². The molecule has 1 unspecified atom stereocenters. The highest BCUT2D eigenvalue weighted by molar-refractivity contribution is 7.19. The number of nitrogens with zero attached hydrogens (tertiary/aromatic N) is 1. The van der Waals surface area contributed by atoms with Crippen molar-refractivity contribution in [3.8, 4) is 22.3 Å². The van der Waals surface area contributed by atoms with Crippen LogP contribution in [0.2, 0.25) is 0 Å². The van der Waals surface area contributed by atoms with Crippen LogP contribution in [0, 0.1) is 0 Å². The van der Waals surface area contributed by atoms with Crippen LogP contribution < -0.4 is 10.2 Å². The molecule has 1 atom stereocenters. The summed E-state index contributed by atoms with van der Waals surface area (Å²) in [4.78, 5) is 3.81. The second kappa shape index (κ2) is 9.95. The summed E-state index contributed by atoms with van der Waals surface area (Å²) in [6.45, 7) is 4.69. The third kappa shape index (κ3) is 4.08. The number of thiophene rings is 1. The first kappa shape index (κ1) is 26.3. The molecule has 0 fully saturated rings. The average Bonchev–Trinajstić information content (AvgIpc) is 3.58. The number of hydrogen-bond acceptors (Lipinski definition) is 3. The molecular formula is C42H32N2S. The van der Waals surface area contributed by atoms with E-state index < -0.39 is 0 Å². The van der Waals surface area contributed by atoms with Gasteiger partial charge in [0.25, 0.3) is 0 Å². The first-order valence-corrected chi connectivity index (χ1v) is 16.4. The molecule has 3 heteroatoms. The minimum Gasteiger partial charge on any atom is -0.367 e. The lowest BCUT2D eigenvalue weighted by Crippen LogP contribution is -2.34. The van der Waals surface area contributed by atoms with Gasteiger partial charge in [-0.2, -0.15) is 0 Å². The largest absolute Gasteiger partial charge is 0.367 e. The lowest BCUT2D eigenvalue weighted by Gasteiger charge is -2.36. The maximum absolute atomic E-state index is 3.76. The van der Waals surface area contributed by atoms with Crippen molar-refractivity contribution in [3.05, 3.63) is 161 Å². The third-order valence-corrected chi connectivity index (χ3v) is 11.0. The van der Waals surface area contributed by atoms with E-state index in [2.05, 4.69) is 170 Å². The SMILES string of the molecule is CC1(C)c2ccccc2-c2cc(N(c3ccc(-c4ccc5ccccc5c4)cc3)C3NC=Cc4c3sc3ccccc43)ccc21. The van der Waals surface area contributed by atoms with E-state index in [-0.39, 0.29) is 11.6 Å². The van der Waals surface area contributed by atoms with Crippen molar-refractivity contribution in [3.63, 3.8) is 0 Å². The summed E-state index contributed by atoms with van der Waals surface area (Å²) in [7, 11) is 0. The van der Waals surface area contributed by atoms with Gasteiger partial charge in [0.1, 0.15) is 6.17 Å². The van der Waals surface area contributed by atoms with Crippen molar-refractivity contribution in [1.29, 1.82) is 0 Å². The zero-order valence-corrected chi connectivity index (χ0v) is 26.1. The molecule has 9 rings (SSSR count). The highest BCUT2D eigenvalue weighted by Crippen LogP contribution is 2.51. The number of hydrogen-bond donors (Lipinski definition) is 1. The van der Waals surface area contributed by atoms with Crippen molar-refractivity contribution < 1.29 is 0 Å². The quantitative estimate of drug-likeness (QED) is 0.217. The number of rotatable bonds is 4. The Labute approximate surface area is 267 Å². The summed E-state index contributed by atoms with van der Waals surface area (Å²) in [6, 6.07) is 49.1. The highest BCUT2D eigenvalue weighted by atomic mass is 32.1. The van der Waals surface area contributed by atoms with Crippen molar-refractivity contribution in [2.75, 3.05) is 4.90 Å². The Balaban J connectivity index is 1.20. The maximum atomic E-state index is 3.76. The van der Waals surface area contributed by atoms with Gasteiger partial charge in [0, 0.05) is 32.4 Å². The standard InChI is InChI=1S/C42H32N2S/c1-42(2)37-13-7-5-11-33(37)36-26-32(21-22-38(36)42)44(41-40-35(23-24-43-41)34-12-6-8-14-39(34)45-40)31-19-17-28(18-20-31)30-16-15-27-9-3-4-10-29(27)25-30/h3-26,41,43H,1-2H3. The number of anilines is 2. The van der Waals surface area contributed by atoms with Gasteiger partial charge < -0.3 is 10.2 Å². The summed E-state index contributed by atoms with van der Waals surface area (Å²) in [5.41, 5.74) is 11.5. The molecule has 0 saturated heterocycles. The molecule has 0 spiro atoms. The Morgan fingerprint density at radius 2 is 1.33 bits per heavy atom. The molecular weight excluding hydrogens is 565 g/mol. The molecule has 2 nitrogen and oxygen atoms in total. The Morgan fingerprint density at radius 1 is 0.622 bits per heavy atom. The monoisotopic (exact) mass is 596 g/mol. The number of nitrogens with one attached hydrogen (secondary N) is 1. The molecule has 0 amide bonds. The van der Waals surface area contributed by atoms with Crippen LogP contribution in [0.4, 0.5) is 11.4 Å². The van der Waals surface area contributed by atoms with Gasteiger partial charge in [-0.1, -0.05) is 111 Å². The van der Waals surface area contributed by atoms with Gasteiger partial charge in [0.05, 0.1) is 4.88 Å². The molecule has 1 aliphatic heterocycles. The van der Waals surface area contributed by atoms with Crippen LogP contribution in [0.25, 0.3) is 49.2 Å². The summed E-state index contributed by atoms with van der Waals surface area (Å²) >= 11 is 1.88. The first-order chi connectivity index (χ1) is 22.1. The predicted molar refractivity (Wildman–Crippen MR) is 192 cm³/mol. The summed E-state index contributed by atoms with van der Waals surface area (Å²) in [6.07, 6.45) is 4.30. The molecule has 6 aromatic carbocycles. The summed E-state index contributed by atoms with van der Waals surface area (Å²) in [5, 5.41) is 7.60. The van der Waals surface area contributed by atoms with Gasteiger partial charge in [-0.3, -0.25) is 0 Å². The Bertz CT molecular complexity index is 2290. The van der Waals surface area contributed by atoms with Crippen molar-refractivity contribution in [2.45, 2.75) is 25.4 Å². The van der Waals surface area contributed by atoms with E-state index >= 15 is 0 Å². The molecule has 0 bridgehead atoms. The Hall–Kier alpha value is -5.12. The molecule has 216 valence electrons. The number of benzene rings is 6. The topological polar surface area (TPSA) is 15.3 Å². The van der Waals surface area contributed by atoms with E-state index in [4.69, 9.17) is 0 Å². The van der Waals surface area contributed by atoms with Crippen LogP contribution in [0.1, 0.15) is 41.6 Å². The van der Waals surface area contributed by atoms with Gasteiger partial charge >= 0.3 is 0 Å². The van der Waals surface area contributed by atoms with Crippen LogP contribution in [0.15, 0.2) is 140 Å². The van der Waals surface area contributed by atoms with Crippen LogP contribution >= 0.6 is 11.3 Å². The second-order valence-corrected chi connectivity index (χ2v) is 13.7. The average molecular weight is 597 g/mol. The van der Waals surface area contributed by atoms with Gasteiger partial charge in [0.2, 0.25) is 0 Å². The lowest BCUT2D eigenvalue weighted by atomic mass is 9.82. The van der Waals surface area contributed by atoms with E-state index in [0.717, 1.165) is 5.69 Å². The van der Waals surface area contributed by atoms with Gasteiger partial charge in [-0.25, -0.2) is 0 Å². The fourth-order valence-electron chi connectivity index (χ4n) is 7.44. The van der Waals surface area contributed by atoms with Gasteiger partial charge in [0.15, 0.2) is 0 Å². The lowest BCUT2D eigenvalue weighted by molar-refractivity contribution is 0.636. The van der Waals surface area contributed by atoms with E-state index in [1.165, 1.54) is 70.4 Å². The minimum atomic E-state index is -0.0448. The van der Waals surface area contributed by atoms with Crippen LogP contribution in [0.5, 0.6) is 0 Å². The molecule has 1 aromatic heterocycles. The fraction of sp³-hybridized carbons (Fsp3) is 0.0952. The highest BCUT2D eigenvalue weighted by Gasteiger charge is 2.36. The zero-order valence-electron chi connectivity index (χ0n) is 25.3. The third-order valence-electron chi connectivity index (χ3n) is 9.75. The maximum Gasteiger partial charge on any atom is 0.140 e. The van der Waals surface area contributed by atoms with Crippen LogP contribution in [-0.2, 0) is 5.41 Å². The van der Waals surface area contributed by atoms with Crippen LogP contribution in [-0.4, -0.2) is 0 Å². The molecule has 7 aromatic rings. The van der Waals surface area contributed by atoms with Crippen molar-refractivity contribution in [1.82, 2.24) is 5.32 Å². The molecule has 0 saturated carbocycles. The predicted octanol–water partition coefficient (Wildman–Crippen LogP) is 11.4. The minimum absolute atomic E-state index is 0.0265. The normalized spacial score (nSPS) is 15.8. The zero-order chi connectivity index (χ0) is 30.1. The van der Waals surface area contributed by atoms with E-state index in [1.807, 2.05) is 11.3 Å². The fourth-order valence-corrected chi connectivity index (χ4v) is 8.68.